The number of aromatic nitrogens is 2. The average Bonchev–Trinajstić information content (AvgIpc) is 2.98. The first-order chi connectivity index (χ1) is 12.2. The van der Waals surface area contributed by atoms with Gasteiger partial charge in [-0.15, -0.1) is 0 Å². The van der Waals surface area contributed by atoms with E-state index in [1.54, 1.807) is 12.4 Å². The van der Waals surface area contributed by atoms with Gasteiger partial charge < -0.3 is 10.2 Å². The van der Waals surface area contributed by atoms with Crippen molar-refractivity contribution in [1.29, 1.82) is 0 Å². The number of rotatable bonds is 3. The standard InChI is InChI=1S/C20H18N4O/c1-14-11-15-7-5-6-10-18(15)24(14)19(25)16-12-21-20(22-13-16)23-17-8-3-2-4-9-17/h2-10,12-14H,11H2,1H3,(H,21,22,23). The van der Waals surface area contributed by atoms with Crippen molar-refractivity contribution in [2.45, 2.75) is 19.4 Å². The van der Waals surface area contributed by atoms with Crippen molar-refractivity contribution < 1.29 is 4.79 Å². The maximum atomic E-state index is 12.9. The first-order valence-corrected chi connectivity index (χ1v) is 8.28. The summed E-state index contributed by atoms with van der Waals surface area (Å²) in [6.45, 7) is 2.06. The molecule has 25 heavy (non-hydrogen) atoms. The van der Waals surface area contributed by atoms with Gasteiger partial charge in [-0.25, -0.2) is 9.97 Å². The van der Waals surface area contributed by atoms with Crippen LogP contribution in [0.1, 0.15) is 22.8 Å². The molecule has 1 aliphatic rings. The van der Waals surface area contributed by atoms with Crippen LogP contribution in [0, 0.1) is 0 Å². The summed E-state index contributed by atoms with van der Waals surface area (Å²) in [7, 11) is 0. The number of carbonyl (C=O) groups is 1. The molecule has 4 rings (SSSR count). The van der Waals surface area contributed by atoms with Crippen molar-refractivity contribution in [3.8, 4) is 0 Å². The van der Waals surface area contributed by atoms with E-state index in [4.69, 9.17) is 0 Å². The Kier molecular flexibility index (Phi) is 3.90. The van der Waals surface area contributed by atoms with Gasteiger partial charge in [0.25, 0.3) is 5.91 Å². The molecule has 1 N–H and O–H groups in total. The van der Waals surface area contributed by atoms with Crippen molar-refractivity contribution in [1.82, 2.24) is 9.97 Å². The van der Waals surface area contributed by atoms with Gasteiger partial charge in [0.1, 0.15) is 0 Å². The number of hydrogen-bond donors (Lipinski definition) is 1. The Hall–Kier alpha value is -3.21. The third-order valence-electron chi connectivity index (χ3n) is 4.35. The highest BCUT2D eigenvalue weighted by Crippen LogP contribution is 2.32. The molecule has 0 saturated carbocycles. The molecule has 2 aromatic carbocycles. The number of fused-ring (bicyclic) bond motifs is 1. The number of carbonyl (C=O) groups excluding carboxylic acids is 1. The lowest BCUT2D eigenvalue weighted by Crippen LogP contribution is -2.35. The first-order valence-electron chi connectivity index (χ1n) is 8.28. The highest BCUT2D eigenvalue weighted by Gasteiger charge is 2.31. The van der Waals surface area contributed by atoms with E-state index in [0.717, 1.165) is 17.8 Å². The molecule has 5 heteroatoms. The molecule has 1 aliphatic heterocycles. The van der Waals surface area contributed by atoms with E-state index in [9.17, 15) is 4.79 Å². The van der Waals surface area contributed by atoms with E-state index in [-0.39, 0.29) is 11.9 Å². The monoisotopic (exact) mass is 330 g/mol. The van der Waals surface area contributed by atoms with Crippen LogP contribution in [0.2, 0.25) is 0 Å². The summed E-state index contributed by atoms with van der Waals surface area (Å²) in [5, 5.41) is 3.12. The largest absolute Gasteiger partial charge is 0.324 e. The van der Waals surface area contributed by atoms with Gasteiger partial charge in [0, 0.05) is 29.8 Å². The SMILES string of the molecule is CC1Cc2ccccc2N1C(=O)c1cnc(Nc2ccccc2)nc1. The average molecular weight is 330 g/mol. The van der Waals surface area contributed by atoms with Crippen LogP contribution >= 0.6 is 0 Å². The van der Waals surface area contributed by atoms with E-state index in [1.165, 1.54) is 5.56 Å². The van der Waals surface area contributed by atoms with Crippen LogP contribution < -0.4 is 10.2 Å². The summed E-state index contributed by atoms with van der Waals surface area (Å²) in [6, 6.07) is 17.9. The van der Waals surface area contributed by atoms with Gasteiger partial charge in [0.05, 0.1) is 5.56 Å². The zero-order valence-electron chi connectivity index (χ0n) is 13.9. The predicted molar refractivity (Wildman–Crippen MR) is 98.2 cm³/mol. The molecule has 0 radical (unpaired) electrons. The number of amides is 1. The molecular weight excluding hydrogens is 312 g/mol. The number of benzene rings is 2. The molecule has 0 fully saturated rings. The number of nitrogens with zero attached hydrogens (tertiary/aromatic N) is 3. The van der Waals surface area contributed by atoms with Crippen LogP contribution in [0.25, 0.3) is 0 Å². The number of nitrogens with one attached hydrogen (secondary N) is 1. The number of anilines is 3. The quantitative estimate of drug-likeness (QED) is 0.793. The Morgan fingerprint density at radius 1 is 1.04 bits per heavy atom. The molecule has 0 aliphatic carbocycles. The molecule has 3 aromatic rings. The van der Waals surface area contributed by atoms with Crippen LogP contribution in [0.15, 0.2) is 67.0 Å². The van der Waals surface area contributed by atoms with Crippen molar-refractivity contribution in [3.05, 3.63) is 78.1 Å². The van der Waals surface area contributed by atoms with Gasteiger partial charge in [-0.2, -0.15) is 0 Å². The minimum Gasteiger partial charge on any atom is -0.324 e. The molecule has 0 spiro atoms. The van der Waals surface area contributed by atoms with Gasteiger partial charge >= 0.3 is 0 Å². The maximum absolute atomic E-state index is 12.9. The van der Waals surface area contributed by atoms with Gasteiger partial charge in [0.15, 0.2) is 0 Å². The molecule has 1 amide bonds. The lowest BCUT2D eigenvalue weighted by molar-refractivity contribution is 0.0981. The summed E-state index contributed by atoms with van der Waals surface area (Å²) in [5.41, 5.74) is 3.57. The Labute approximate surface area is 146 Å². The van der Waals surface area contributed by atoms with Crippen molar-refractivity contribution in [3.63, 3.8) is 0 Å². The second-order valence-electron chi connectivity index (χ2n) is 6.14. The molecule has 1 unspecified atom stereocenters. The second-order valence-corrected chi connectivity index (χ2v) is 6.14. The fourth-order valence-corrected chi connectivity index (χ4v) is 3.17. The zero-order valence-corrected chi connectivity index (χ0v) is 13.9. The van der Waals surface area contributed by atoms with E-state index in [2.05, 4.69) is 28.3 Å². The highest BCUT2D eigenvalue weighted by atomic mass is 16.2. The molecule has 0 bridgehead atoms. The highest BCUT2D eigenvalue weighted by molar-refractivity contribution is 6.07. The van der Waals surface area contributed by atoms with Gasteiger partial charge in [-0.05, 0) is 37.1 Å². The molecule has 124 valence electrons. The van der Waals surface area contributed by atoms with Crippen LogP contribution in [0.3, 0.4) is 0 Å². The normalized spacial score (nSPS) is 15.7. The molecule has 1 aromatic heterocycles. The minimum atomic E-state index is -0.0660. The lowest BCUT2D eigenvalue weighted by Gasteiger charge is -2.22. The van der Waals surface area contributed by atoms with E-state index in [1.807, 2.05) is 53.4 Å². The molecular formula is C20H18N4O. The summed E-state index contributed by atoms with van der Waals surface area (Å²) >= 11 is 0. The van der Waals surface area contributed by atoms with Crippen molar-refractivity contribution in [2.75, 3.05) is 10.2 Å². The second kappa shape index (κ2) is 6.36. The Morgan fingerprint density at radius 3 is 2.48 bits per heavy atom. The summed E-state index contributed by atoms with van der Waals surface area (Å²) in [6.07, 6.45) is 4.03. The minimum absolute atomic E-state index is 0.0660. The number of hydrogen-bond acceptors (Lipinski definition) is 4. The Balaban J connectivity index is 1.55. The fourth-order valence-electron chi connectivity index (χ4n) is 3.17. The summed E-state index contributed by atoms with van der Waals surface area (Å²) < 4.78 is 0. The topological polar surface area (TPSA) is 58.1 Å². The van der Waals surface area contributed by atoms with E-state index >= 15 is 0 Å². The first kappa shape index (κ1) is 15.3. The summed E-state index contributed by atoms with van der Waals surface area (Å²) in [4.78, 5) is 23.3. The Bertz CT molecular complexity index is 893. The fraction of sp³-hybridized carbons (Fsp3) is 0.150. The maximum Gasteiger partial charge on any atom is 0.261 e. The van der Waals surface area contributed by atoms with Gasteiger partial charge in [-0.3, -0.25) is 4.79 Å². The van der Waals surface area contributed by atoms with E-state index < -0.39 is 0 Å². The lowest BCUT2D eigenvalue weighted by atomic mass is 10.1. The van der Waals surface area contributed by atoms with Gasteiger partial charge in [0.2, 0.25) is 5.95 Å². The third-order valence-corrected chi connectivity index (χ3v) is 4.35. The predicted octanol–water partition coefficient (Wildman–Crippen LogP) is 3.81. The number of para-hydroxylation sites is 2. The molecule has 0 saturated heterocycles. The van der Waals surface area contributed by atoms with Crippen molar-refractivity contribution >= 4 is 23.2 Å². The van der Waals surface area contributed by atoms with E-state index in [0.29, 0.717) is 11.5 Å². The molecule has 2 heterocycles. The van der Waals surface area contributed by atoms with Crippen LogP contribution in [-0.2, 0) is 6.42 Å². The van der Waals surface area contributed by atoms with Crippen LogP contribution in [0.4, 0.5) is 17.3 Å². The van der Waals surface area contributed by atoms with Crippen LogP contribution in [0.5, 0.6) is 0 Å². The third kappa shape index (κ3) is 2.96. The van der Waals surface area contributed by atoms with Crippen molar-refractivity contribution in [2.24, 2.45) is 0 Å². The summed E-state index contributed by atoms with van der Waals surface area (Å²) in [5.74, 6) is 0.404. The van der Waals surface area contributed by atoms with Gasteiger partial charge in [-0.1, -0.05) is 36.4 Å². The zero-order chi connectivity index (χ0) is 17.2. The molecule has 5 nitrogen and oxygen atoms in total. The Morgan fingerprint density at radius 2 is 1.72 bits per heavy atom. The van der Waals surface area contributed by atoms with Crippen LogP contribution in [-0.4, -0.2) is 21.9 Å². The molecule has 1 atom stereocenters. The smallest absolute Gasteiger partial charge is 0.261 e.